The molecule has 9 heteroatoms. The molecule has 134 valence electrons. The van der Waals surface area contributed by atoms with Crippen LogP contribution in [0.3, 0.4) is 0 Å². The molecule has 1 aromatic carbocycles. The van der Waals surface area contributed by atoms with E-state index in [4.69, 9.17) is 9.15 Å². The maximum Gasteiger partial charge on any atom is 0.255 e. The molecule has 0 radical (unpaired) electrons. The van der Waals surface area contributed by atoms with Crippen LogP contribution in [0.1, 0.15) is 11.3 Å². The van der Waals surface area contributed by atoms with Gasteiger partial charge >= 0.3 is 0 Å². The van der Waals surface area contributed by atoms with Crippen molar-refractivity contribution in [2.45, 2.75) is 11.8 Å². The van der Waals surface area contributed by atoms with Crippen molar-refractivity contribution >= 4 is 22.1 Å². The normalized spacial score (nSPS) is 11.8. The number of carbonyl (C=O) groups is 1. The average molecular weight is 365 g/mol. The number of sulfonamides is 1. The highest BCUT2D eigenvalue weighted by molar-refractivity contribution is 7.89. The van der Waals surface area contributed by atoms with Gasteiger partial charge in [0.25, 0.3) is 5.91 Å². The van der Waals surface area contributed by atoms with Crippen LogP contribution in [0.2, 0.25) is 0 Å². The largest absolute Gasteiger partial charge is 0.495 e. The number of carbonyl (C=O) groups excluding carboxylic acids is 1. The van der Waals surface area contributed by atoms with Gasteiger partial charge in [-0.25, -0.2) is 13.8 Å². The molecule has 0 spiro atoms. The molecule has 0 aliphatic heterocycles. The van der Waals surface area contributed by atoms with E-state index in [1.165, 1.54) is 32.7 Å². The highest BCUT2D eigenvalue weighted by Gasteiger charge is 2.26. The molecular weight excluding hydrogens is 346 g/mol. The topological polar surface area (TPSA) is 101 Å². The molecule has 0 saturated carbocycles. The van der Waals surface area contributed by atoms with Gasteiger partial charge in [-0.05, 0) is 36.8 Å². The Morgan fingerprint density at radius 2 is 2.16 bits per heavy atom. The average Bonchev–Trinajstić information content (AvgIpc) is 3.08. The Morgan fingerprint density at radius 3 is 2.80 bits per heavy atom. The summed E-state index contributed by atoms with van der Waals surface area (Å²) in [5, 5.41) is 3.70. The molecular formula is C16H19N3O5S. The molecule has 1 N–H and O–H groups in total. The fraction of sp³-hybridized carbons (Fsp3) is 0.250. The van der Waals surface area contributed by atoms with Crippen molar-refractivity contribution in [1.82, 2.24) is 9.73 Å². The van der Waals surface area contributed by atoms with Crippen molar-refractivity contribution in [3.63, 3.8) is 0 Å². The third-order valence-electron chi connectivity index (χ3n) is 3.30. The Balaban J connectivity index is 2.07. The first-order valence-corrected chi connectivity index (χ1v) is 8.75. The first kappa shape index (κ1) is 18.7. The Bertz CT molecular complexity index is 860. The molecule has 0 saturated heterocycles. The van der Waals surface area contributed by atoms with E-state index in [1.54, 1.807) is 31.2 Å². The summed E-state index contributed by atoms with van der Waals surface area (Å²) in [7, 11) is -1.19. The second-order valence-corrected chi connectivity index (χ2v) is 7.24. The number of hydrazone groups is 1. The van der Waals surface area contributed by atoms with E-state index >= 15 is 0 Å². The number of ether oxygens (including phenoxy) is 1. The smallest absolute Gasteiger partial charge is 0.255 e. The first-order chi connectivity index (χ1) is 11.8. The van der Waals surface area contributed by atoms with Gasteiger partial charge in [0.15, 0.2) is 0 Å². The summed E-state index contributed by atoms with van der Waals surface area (Å²) in [5.41, 5.74) is 3.01. The number of nitrogens with zero attached hydrogens (tertiary/aromatic N) is 2. The number of methoxy groups -OCH3 is 1. The minimum absolute atomic E-state index is 0.00406. The van der Waals surface area contributed by atoms with Crippen molar-refractivity contribution in [3.05, 3.63) is 47.9 Å². The molecule has 8 nitrogen and oxygen atoms in total. The van der Waals surface area contributed by atoms with Gasteiger partial charge in [0.1, 0.15) is 16.4 Å². The number of hydrogen-bond acceptors (Lipinski definition) is 6. The summed E-state index contributed by atoms with van der Waals surface area (Å²) < 4.78 is 36.4. The van der Waals surface area contributed by atoms with Gasteiger partial charge in [0.2, 0.25) is 10.0 Å². The van der Waals surface area contributed by atoms with Crippen molar-refractivity contribution in [2.75, 3.05) is 20.7 Å². The van der Waals surface area contributed by atoms with E-state index in [2.05, 4.69) is 10.5 Å². The van der Waals surface area contributed by atoms with Crippen molar-refractivity contribution in [1.29, 1.82) is 0 Å². The molecule has 1 aromatic heterocycles. The predicted molar refractivity (Wildman–Crippen MR) is 92.0 cm³/mol. The van der Waals surface area contributed by atoms with Crippen LogP contribution in [0.5, 0.6) is 5.75 Å². The van der Waals surface area contributed by atoms with Crippen LogP contribution in [0, 0.1) is 6.92 Å². The maximum absolute atomic E-state index is 12.7. The lowest BCUT2D eigenvalue weighted by Crippen LogP contribution is -2.36. The zero-order valence-electron chi connectivity index (χ0n) is 14.1. The minimum Gasteiger partial charge on any atom is -0.495 e. The number of benzene rings is 1. The Kier molecular flexibility index (Phi) is 5.94. The van der Waals surface area contributed by atoms with E-state index in [0.29, 0.717) is 5.76 Å². The molecule has 2 rings (SSSR count). The Hall–Kier alpha value is -2.65. The summed E-state index contributed by atoms with van der Waals surface area (Å²) in [6.07, 6.45) is 2.79. The standard InChI is InChI=1S/C16H19N3O5S/c1-12-6-7-14(23-3)15(9-12)25(21,22)19(2)11-16(20)18-17-10-13-5-4-8-24-13/h4-10H,11H2,1-3H3,(H,18,20). The van der Waals surface area contributed by atoms with Gasteiger partial charge in [-0.1, -0.05) is 6.07 Å². The SMILES string of the molecule is COc1ccc(C)cc1S(=O)(=O)N(C)CC(=O)NN=Cc1ccco1. The summed E-state index contributed by atoms with van der Waals surface area (Å²) in [6, 6.07) is 8.16. The summed E-state index contributed by atoms with van der Waals surface area (Å²) in [4.78, 5) is 11.9. The molecule has 0 unspecified atom stereocenters. The fourth-order valence-corrected chi connectivity index (χ4v) is 3.37. The third kappa shape index (κ3) is 4.68. The summed E-state index contributed by atoms with van der Waals surface area (Å²) in [6.45, 7) is 1.38. The molecule has 0 aliphatic rings. The molecule has 25 heavy (non-hydrogen) atoms. The van der Waals surface area contributed by atoms with Crippen LogP contribution >= 0.6 is 0 Å². The summed E-state index contributed by atoms with van der Waals surface area (Å²) in [5.74, 6) is 0.0972. The minimum atomic E-state index is -3.89. The lowest BCUT2D eigenvalue weighted by Gasteiger charge is -2.18. The van der Waals surface area contributed by atoms with Crippen LogP contribution in [0.4, 0.5) is 0 Å². The molecule has 2 aromatic rings. The van der Waals surface area contributed by atoms with Crippen molar-refractivity contribution < 1.29 is 22.4 Å². The van der Waals surface area contributed by atoms with Crippen LogP contribution in [0.15, 0.2) is 51.0 Å². The van der Waals surface area contributed by atoms with Gasteiger partial charge in [-0.2, -0.15) is 9.41 Å². The third-order valence-corrected chi connectivity index (χ3v) is 5.12. The Labute approximate surface area is 146 Å². The second kappa shape index (κ2) is 7.95. The molecule has 0 fully saturated rings. The zero-order valence-corrected chi connectivity index (χ0v) is 14.9. The molecule has 1 amide bonds. The quantitative estimate of drug-likeness (QED) is 0.590. The number of likely N-dealkylation sites (N-methyl/N-ethyl adjacent to an activating group) is 1. The van der Waals surface area contributed by atoms with Crippen LogP contribution in [-0.2, 0) is 14.8 Å². The monoisotopic (exact) mass is 365 g/mol. The van der Waals surface area contributed by atoms with Crippen LogP contribution < -0.4 is 10.2 Å². The number of amides is 1. The lowest BCUT2D eigenvalue weighted by atomic mass is 10.2. The highest BCUT2D eigenvalue weighted by atomic mass is 32.2. The second-order valence-electron chi connectivity index (χ2n) is 5.22. The van der Waals surface area contributed by atoms with Gasteiger partial charge in [-0.15, -0.1) is 0 Å². The molecule has 0 aliphatic carbocycles. The summed E-state index contributed by atoms with van der Waals surface area (Å²) >= 11 is 0. The number of furan rings is 1. The van der Waals surface area contributed by atoms with Gasteiger partial charge in [-0.3, -0.25) is 4.79 Å². The van der Waals surface area contributed by atoms with Crippen molar-refractivity contribution in [2.24, 2.45) is 5.10 Å². The van der Waals surface area contributed by atoms with E-state index in [0.717, 1.165) is 9.87 Å². The van der Waals surface area contributed by atoms with Gasteiger partial charge in [0.05, 0.1) is 26.1 Å². The van der Waals surface area contributed by atoms with Crippen LogP contribution in [0.25, 0.3) is 0 Å². The van der Waals surface area contributed by atoms with Crippen molar-refractivity contribution in [3.8, 4) is 5.75 Å². The zero-order chi connectivity index (χ0) is 18.4. The van der Waals surface area contributed by atoms with E-state index < -0.39 is 22.5 Å². The van der Waals surface area contributed by atoms with E-state index in [1.807, 2.05) is 0 Å². The Morgan fingerprint density at radius 1 is 1.40 bits per heavy atom. The van der Waals surface area contributed by atoms with Crippen LogP contribution in [-0.4, -0.2) is 45.5 Å². The maximum atomic E-state index is 12.7. The highest BCUT2D eigenvalue weighted by Crippen LogP contribution is 2.26. The molecule has 1 heterocycles. The van der Waals surface area contributed by atoms with Gasteiger partial charge in [0, 0.05) is 7.05 Å². The number of rotatable bonds is 7. The predicted octanol–water partition coefficient (Wildman–Crippen LogP) is 1.37. The number of aryl methyl sites for hydroxylation is 1. The molecule has 0 bridgehead atoms. The van der Waals surface area contributed by atoms with Gasteiger partial charge < -0.3 is 9.15 Å². The fourth-order valence-electron chi connectivity index (χ4n) is 2.01. The molecule has 0 atom stereocenters. The van der Waals surface area contributed by atoms with E-state index in [-0.39, 0.29) is 10.6 Å². The lowest BCUT2D eigenvalue weighted by molar-refractivity contribution is -0.121. The number of hydrogen-bond donors (Lipinski definition) is 1. The van der Waals surface area contributed by atoms with E-state index in [9.17, 15) is 13.2 Å². The number of nitrogens with one attached hydrogen (secondary N) is 1. The first-order valence-electron chi connectivity index (χ1n) is 7.31.